The van der Waals surface area contributed by atoms with E-state index in [1.807, 2.05) is 18.2 Å². The number of thioether (sulfide) groups is 1. The highest BCUT2D eigenvalue weighted by molar-refractivity contribution is 8.03. The fourth-order valence-electron chi connectivity index (χ4n) is 5.37. The molecule has 2 aromatic rings. The van der Waals surface area contributed by atoms with E-state index in [2.05, 4.69) is 61.8 Å². The van der Waals surface area contributed by atoms with E-state index in [0.29, 0.717) is 19.4 Å². The van der Waals surface area contributed by atoms with Crippen LogP contribution in [-0.4, -0.2) is 46.6 Å². The minimum Gasteiger partial charge on any atom is -0.478 e. The molecule has 0 fully saturated rings. The van der Waals surface area contributed by atoms with Crippen molar-refractivity contribution < 1.29 is 27.4 Å². The zero-order valence-electron chi connectivity index (χ0n) is 22.7. The number of benzene rings is 2. The fraction of sp³-hybridized carbons (Fsp3) is 0.355. The monoisotopic (exact) mass is 566 g/mol. The van der Waals surface area contributed by atoms with Gasteiger partial charge in [-0.25, -0.2) is 4.79 Å². The maximum Gasteiger partial charge on any atom is 0.335 e. The summed E-state index contributed by atoms with van der Waals surface area (Å²) in [6.07, 6.45) is 10.7. The molecule has 0 saturated carbocycles. The number of nitrogens with zero attached hydrogens (tertiary/aromatic N) is 1. The number of para-hydroxylation sites is 1. The summed E-state index contributed by atoms with van der Waals surface area (Å²) in [5.41, 5.74) is 6.13. The summed E-state index contributed by atoms with van der Waals surface area (Å²) in [6, 6.07) is 15.4. The Morgan fingerprint density at radius 1 is 1.05 bits per heavy atom. The molecular weight excluding hydrogens is 530 g/mol. The van der Waals surface area contributed by atoms with E-state index in [0.717, 1.165) is 35.6 Å². The van der Waals surface area contributed by atoms with Crippen LogP contribution < -0.4 is 0 Å². The third-order valence-corrected chi connectivity index (χ3v) is 9.46. The van der Waals surface area contributed by atoms with E-state index in [1.165, 1.54) is 21.6 Å². The Labute approximate surface area is 235 Å². The quantitative estimate of drug-likeness (QED) is 0.180. The van der Waals surface area contributed by atoms with Crippen LogP contribution in [0.2, 0.25) is 0 Å². The molecule has 0 aromatic heterocycles. The van der Waals surface area contributed by atoms with Crippen LogP contribution in [0.25, 0.3) is 0 Å². The molecule has 4 rings (SSSR count). The predicted octanol–water partition coefficient (Wildman–Crippen LogP) is 7.16. The zero-order chi connectivity index (χ0) is 28.2. The average molecular weight is 567 g/mol. The molecule has 39 heavy (non-hydrogen) atoms. The first-order valence-electron chi connectivity index (χ1n) is 13.3. The lowest BCUT2D eigenvalue weighted by Crippen LogP contribution is -2.28. The van der Waals surface area contributed by atoms with Gasteiger partial charge in [0.1, 0.15) is 6.54 Å². The van der Waals surface area contributed by atoms with Gasteiger partial charge in [-0.15, -0.1) is 0 Å². The van der Waals surface area contributed by atoms with Crippen molar-refractivity contribution >= 4 is 39.2 Å². The third kappa shape index (κ3) is 6.80. The molecule has 0 saturated heterocycles. The van der Waals surface area contributed by atoms with E-state index in [4.69, 9.17) is 4.55 Å². The Balaban J connectivity index is 1.69. The van der Waals surface area contributed by atoms with Crippen molar-refractivity contribution in [3.63, 3.8) is 0 Å². The van der Waals surface area contributed by atoms with Gasteiger partial charge in [-0.2, -0.15) is 13.0 Å². The van der Waals surface area contributed by atoms with Crippen molar-refractivity contribution in [2.75, 3.05) is 12.3 Å². The van der Waals surface area contributed by atoms with Gasteiger partial charge in [0.15, 0.2) is 5.71 Å². The number of carboxylic acid groups (broad SMARTS) is 1. The second-order valence-corrected chi connectivity index (χ2v) is 13.1. The predicted molar refractivity (Wildman–Crippen MR) is 158 cm³/mol. The topological polar surface area (TPSA) is 94.7 Å². The van der Waals surface area contributed by atoms with Gasteiger partial charge in [-0.3, -0.25) is 4.55 Å². The Morgan fingerprint density at radius 2 is 1.77 bits per heavy atom. The van der Waals surface area contributed by atoms with Gasteiger partial charge in [0.25, 0.3) is 10.1 Å². The van der Waals surface area contributed by atoms with E-state index < -0.39 is 16.1 Å². The summed E-state index contributed by atoms with van der Waals surface area (Å²) in [5.74, 6) is -1.16. The number of hydrogen-bond acceptors (Lipinski definition) is 4. The molecule has 0 amide bonds. The highest BCUT2D eigenvalue weighted by Crippen LogP contribution is 2.43. The molecule has 0 atom stereocenters. The molecule has 0 spiro atoms. The first kappa shape index (κ1) is 29.1. The van der Waals surface area contributed by atoms with Crippen molar-refractivity contribution in [3.8, 4) is 0 Å². The smallest absolute Gasteiger partial charge is 0.335 e. The lowest BCUT2D eigenvalue weighted by molar-refractivity contribution is -0.438. The molecule has 0 radical (unpaired) electrons. The molecule has 1 aliphatic heterocycles. The Bertz CT molecular complexity index is 1480. The van der Waals surface area contributed by atoms with Crippen molar-refractivity contribution in [1.29, 1.82) is 0 Å². The van der Waals surface area contributed by atoms with Crippen LogP contribution >= 0.6 is 11.8 Å². The number of hydrogen-bond donors (Lipinski definition) is 2. The molecule has 2 aliphatic rings. The number of fused-ring (bicyclic) bond motifs is 1. The van der Waals surface area contributed by atoms with Crippen molar-refractivity contribution in [3.05, 3.63) is 93.9 Å². The number of aromatic carboxylic acids is 1. The normalized spacial score (nSPS) is 18.3. The maximum absolute atomic E-state index is 11.3. The molecule has 0 bridgehead atoms. The van der Waals surface area contributed by atoms with Gasteiger partial charge >= 0.3 is 5.97 Å². The maximum atomic E-state index is 11.3. The fourth-order valence-corrected chi connectivity index (χ4v) is 7.10. The number of carboxylic acids is 1. The molecule has 1 heterocycles. The molecule has 206 valence electrons. The van der Waals surface area contributed by atoms with Gasteiger partial charge in [0, 0.05) is 33.9 Å². The Hall–Kier alpha value is -2.94. The van der Waals surface area contributed by atoms with Gasteiger partial charge in [0.05, 0.1) is 16.7 Å². The van der Waals surface area contributed by atoms with E-state index >= 15 is 0 Å². The summed E-state index contributed by atoms with van der Waals surface area (Å²) < 4.78 is 33.9. The summed E-state index contributed by atoms with van der Waals surface area (Å²) in [7, 11) is -3.97. The molecule has 1 aliphatic carbocycles. The standard InChI is InChI=1S/C31H35NO5S2/c1-4-22-10-9-11-23(29(22)38-25-17-14-24(15-18-25)30(33)34)16-19-28-31(2,3)26-12-5-6-13-27(26)32(28)20-7-8-21-39(35,36)37/h4-6,12-19H,7-11,20-21H2,1-3H3,(H-,33,34,35,36,37)/p+1. The van der Waals surface area contributed by atoms with Crippen molar-refractivity contribution in [2.45, 2.75) is 63.2 Å². The second kappa shape index (κ2) is 12.1. The van der Waals surface area contributed by atoms with Crippen LogP contribution in [0.5, 0.6) is 0 Å². The Kier molecular flexibility index (Phi) is 8.99. The van der Waals surface area contributed by atoms with Gasteiger partial charge in [-0.1, -0.05) is 42.1 Å². The molecule has 0 unspecified atom stereocenters. The molecular formula is C31H36NO5S2+. The van der Waals surface area contributed by atoms with Crippen LogP contribution in [0.1, 0.15) is 68.8 Å². The molecule has 8 heteroatoms. The van der Waals surface area contributed by atoms with E-state index in [1.54, 1.807) is 23.9 Å². The highest BCUT2D eigenvalue weighted by Gasteiger charge is 2.43. The van der Waals surface area contributed by atoms with Gasteiger partial charge < -0.3 is 5.11 Å². The largest absolute Gasteiger partial charge is 0.478 e. The lowest BCUT2D eigenvalue weighted by atomic mass is 9.81. The zero-order valence-corrected chi connectivity index (χ0v) is 24.3. The first-order chi connectivity index (χ1) is 18.5. The minimum atomic E-state index is -3.97. The number of carbonyl (C=O) groups is 1. The van der Waals surface area contributed by atoms with Gasteiger partial charge in [-0.05, 0) is 81.9 Å². The number of rotatable bonds is 10. The van der Waals surface area contributed by atoms with Crippen LogP contribution in [0.15, 0.2) is 87.7 Å². The minimum absolute atomic E-state index is 0.227. The van der Waals surface area contributed by atoms with E-state index in [9.17, 15) is 18.3 Å². The Morgan fingerprint density at radius 3 is 2.44 bits per heavy atom. The SMILES string of the molecule is CC=C1CCCC(C=CC2=[N+](CCCCS(=O)(=O)O)c3ccccc3C2(C)C)=C1Sc1ccc(C(=O)O)cc1. The number of allylic oxidation sites excluding steroid dienone is 5. The van der Waals surface area contributed by atoms with Crippen molar-refractivity contribution in [2.24, 2.45) is 0 Å². The summed E-state index contributed by atoms with van der Waals surface area (Å²) in [5, 5.41) is 9.25. The van der Waals surface area contributed by atoms with Crippen LogP contribution in [0.4, 0.5) is 5.69 Å². The van der Waals surface area contributed by atoms with Crippen LogP contribution in [-0.2, 0) is 15.5 Å². The van der Waals surface area contributed by atoms with Crippen LogP contribution in [0.3, 0.4) is 0 Å². The molecule has 6 nitrogen and oxygen atoms in total. The van der Waals surface area contributed by atoms with Crippen molar-refractivity contribution in [1.82, 2.24) is 0 Å². The summed E-state index contributed by atoms with van der Waals surface area (Å²) in [6.45, 7) is 7.16. The second-order valence-electron chi connectivity index (χ2n) is 10.5. The lowest BCUT2D eigenvalue weighted by Gasteiger charge is -2.21. The van der Waals surface area contributed by atoms with Gasteiger partial charge in [0.2, 0.25) is 5.69 Å². The molecule has 2 N–H and O–H groups in total. The summed E-state index contributed by atoms with van der Waals surface area (Å²) >= 11 is 1.68. The van der Waals surface area contributed by atoms with E-state index in [-0.39, 0.29) is 16.7 Å². The third-order valence-electron chi connectivity index (χ3n) is 7.42. The highest BCUT2D eigenvalue weighted by atomic mass is 32.2. The summed E-state index contributed by atoms with van der Waals surface area (Å²) in [4.78, 5) is 13.5. The molecule has 2 aromatic carbocycles. The first-order valence-corrected chi connectivity index (χ1v) is 15.7. The van der Waals surface area contributed by atoms with Crippen LogP contribution in [0, 0.1) is 0 Å². The number of unbranched alkanes of at least 4 members (excludes halogenated alkanes) is 1. The average Bonchev–Trinajstić information content (AvgIpc) is 3.11.